The monoisotopic (exact) mass is 417 g/mol. The molecule has 0 radical (unpaired) electrons. The van der Waals surface area contributed by atoms with Crippen molar-refractivity contribution in [3.05, 3.63) is 69.5 Å². The van der Waals surface area contributed by atoms with Gasteiger partial charge in [0, 0.05) is 28.9 Å². The van der Waals surface area contributed by atoms with Crippen LogP contribution in [-0.2, 0) is 6.54 Å². The van der Waals surface area contributed by atoms with E-state index < -0.39 is 0 Å². The first kappa shape index (κ1) is 20.1. The second-order valence-electron chi connectivity index (χ2n) is 6.16. The van der Waals surface area contributed by atoms with Crippen LogP contribution in [0.1, 0.15) is 5.56 Å². The number of thiocarbonyl (C=S) groups is 1. The molecule has 0 atom stereocenters. The number of nitrogens with zero attached hydrogens (tertiary/aromatic N) is 1. The maximum absolute atomic E-state index is 12.5. The second-order valence-corrected chi connectivity index (χ2v) is 6.99. The van der Waals surface area contributed by atoms with Crippen LogP contribution in [0.5, 0.6) is 5.75 Å². The normalized spacial score (nSPS) is 10.7. The molecular weight excluding hydrogens is 398 g/mol. The number of pyridine rings is 1. The lowest BCUT2D eigenvalue weighted by Crippen LogP contribution is -2.37. The predicted octanol–water partition coefficient (Wildman–Crippen LogP) is 3.38. The van der Waals surface area contributed by atoms with Crippen LogP contribution in [0.15, 0.2) is 53.3 Å². The van der Waals surface area contributed by atoms with Gasteiger partial charge in [0.25, 0.3) is 5.56 Å². The number of fused-ring (bicyclic) bond motifs is 1. The molecule has 0 saturated heterocycles. The number of aliphatic hydroxyl groups is 1. The molecule has 0 aliphatic rings. The summed E-state index contributed by atoms with van der Waals surface area (Å²) in [6.07, 6.45) is 0. The highest BCUT2D eigenvalue weighted by Gasteiger charge is 2.13. The van der Waals surface area contributed by atoms with Crippen LogP contribution in [0.2, 0.25) is 5.02 Å². The summed E-state index contributed by atoms with van der Waals surface area (Å²) in [5.41, 5.74) is 1.76. The molecule has 146 valence electrons. The van der Waals surface area contributed by atoms with E-state index in [9.17, 15) is 9.90 Å². The molecule has 0 spiro atoms. The summed E-state index contributed by atoms with van der Waals surface area (Å²) in [6.45, 7) is 0.441. The molecule has 0 bridgehead atoms. The van der Waals surface area contributed by atoms with E-state index in [0.717, 1.165) is 11.1 Å². The highest BCUT2D eigenvalue weighted by atomic mass is 35.5. The van der Waals surface area contributed by atoms with Gasteiger partial charge < -0.3 is 25.0 Å². The molecule has 8 heteroatoms. The van der Waals surface area contributed by atoms with Crippen molar-refractivity contribution in [1.29, 1.82) is 0 Å². The number of rotatable bonds is 6. The van der Waals surface area contributed by atoms with Crippen LogP contribution in [0.3, 0.4) is 0 Å². The second kappa shape index (κ2) is 9.05. The van der Waals surface area contributed by atoms with Gasteiger partial charge in [-0.25, -0.2) is 0 Å². The molecule has 3 rings (SSSR count). The van der Waals surface area contributed by atoms with Crippen LogP contribution < -0.4 is 15.6 Å². The number of hydrogen-bond acceptors (Lipinski definition) is 4. The molecule has 3 N–H and O–H groups in total. The topological polar surface area (TPSA) is 77.6 Å². The van der Waals surface area contributed by atoms with Gasteiger partial charge in [-0.1, -0.05) is 17.7 Å². The Balaban J connectivity index is 1.84. The van der Waals surface area contributed by atoms with Crippen molar-refractivity contribution in [3.8, 4) is 5.75 Å². The summed E-state index contributed by atoms with van der Waals surface area (Å²) in [4.78, 5) is 17.1. The largest absolute Gasteiger partial charge is 0.497 e. The fourth-order valence-electron chi connectivity index (χ4n) is 2.82. The fraction of sp³-hybridized carbons (Fsp3) is 0.200. The maximum atomic E-state index is 12.5. The molecule has 1 aromatic heterocycles. The van der Waals surface area contributed by atoms with Gasteiger partial charge in [-0.05, 0) is 54.0 Å². The van der Waals surface area contributed by atoms with Crippen LogP contribution in [0, 0.1) is 0 Å². The SMILES string of the molecule is COc1ccc2cc(CN(CCO)C(=S)Nc3cccc(Cl)c3)c(=O)[nH]c2c1. The molecule has 0 aliphatic heterocycles. The highest BCUT2D eigenvalue weighted by Crippen LogP contribution is 2.19. The summed E-state index contributed by atoms with van der Waals surface area (Å²) < 4.78 is 5.19. The highest BCUT2D eigenvalue weighted by molar-refractivity contribution is 7.80. The molecule has 28 heavy (non-hydrogen) atoms. The minimum Gasteiger partial charge on any atom is -0.497 e. The van der Waals surface area contributed by atoms with Crippen molar-refractivity contribution in [2.75, 3.05) is 25.6 Å². The summed E-state index contributed by atoms with van der Waals surface area (Å²) >= 11 is 11.5. The Morgan fingerprint density at radius 3 is 2.82 bits per heavy atom. The van der Waals surface area contributed by atoms with Crippen molar-refractivity contribution < 1.29 is 9.84 Å². The van der Waals surface area contributed by atoms with E-state index in [1.54, 1.807) is 30.2 Å². The number of nitrogens with one attached hydrogen (secondary N) is 2. The van der Waals surface area contributed by atoms with E-state index >= 15 is 0 Å². The van der Waals surface area contributed by atoms with Gasteiger partial charge in [0.2, 0.25) is 0 Å². The van der Waals surface area contributed by atoms with Gasteiger partial charge in [0.1, 0.15) is 5.75 Å². The zero-order valence-corrected chi connectivity index (χ0v) is 16.8. The third kappa shape index (κ3) is 4.81. The lowest BCUT2D eigenvalue weighted by atomic mass is 10.1. The summed E-state index contributed by atoms with van der Waals surface area (Å²) in [5, 5.41) is 14.4. The van der Waals surface area contributed by atoms with Gasteiger partial charge in [0.05, 0.1) is 25.8 Å². The number of benzene rings is 2. The molecule has 3 aromatic rings. The van der Waals surface area contributed by atoms with Gasteiger partial charge >= 0.3 is 0 Å². The van der Waals surface area contributed by atoms with E-state index in [1.165, 1.54) is 0 Å². The van der Waals surface area contributed by atoms with Crippen molar-refractivity contribution >= 4 is 45.5 Å². The summed E-state index contributed by atoms with van der Waals surface area (Å²) in [5.74, 6) is 0.671. The average Bonchev–Trinajstić information content (AvgIpc) is 2.67. The quantitative estimate of drug-likeness (QED) is 0.534. The Hall–Kier alpha value is -2.61. The Labute approximate surface area is 172 Å². The fourth-order valence-corrected chi connectivity index (χ4v) is 3.28. The molecule has 1 heterocycles. The van der Waals surface area contributed by atoms with E-state index in [-0.39, 0.29) is 25.3 Å². The van der Waals surface area contributed by atoms with Gasteiger partial charge in [-0.3, -0.25) is 4.79 Å². The number of aliphatic hydroxyl groups excluding tert-OH is 1. The Kier molecular flexibility index (Phi) is 6.51. The third-order valence-electron chi connectivity index (χ3n) is 4.22. The number of hydrogen-bond donors (Lipinski definition) is 3. The van der Waals surface area contributed by atoms with Crippen molar-refractivity contribution in [1.82, 2.24) is 9.88 Å². The zero-order chi connectivity index (χ0) is 20.1. The smallest absolute Gasteiger partial charge is 0.253 e. The minimum absolute atomic E-state index is 0.0972. The first-order chi connectivity index (χ1) is 13.5. The number of anilines is 1. The maximum Gasteiger partial charge on any atom is 0.253 e. The van der Waals surface area contributed by atoms with E-state index in [1.807, 2.05) is 30.3 Å². The van der Waals surface area contributed by atoms with Crippen molar-refractivity contribution in [3.63, 3.8) is 0 Å². The molecule has 0 unspecified atom stereocenters. The predicted molar refractivity (Wildman–Crippen MR) is 116 cm³/mol. The Bertz CT molecular complexity index is 1050. The zero-order valence-electron chi connectivity index (χ0n) is 15.2. The molecule has 0 aliphatic carbocycles. The van der Waals surface area contributed by atoms with E-state index in [2.05, 4.69) is 10.3 Å². The van der Waals surface area contributed by atoms with E-state index in [4.69, 9.17) is 28.6 Å². The van der Waals surface area contributed by atoms with Crippen molar-refractivity contribution in [2.24, 2.45) is 0 Å². The Morgan fingerprint density at radius 2 is 2.11 bits per heavy atom. The van der Waals surface area contributed by atoms with Gasteiger partial charge in [-0.15, -0.1) is 0 Å². The number of H-pyrrole nitrogens is 1. The Morgan fingerprint density at radius 1 is 1.29 bits per heavy atom. The minimum atomic E-state index is -0.214. The first-order valence-corrected chi connectivity index (χ1v) is 9.41. The average molecular weight is 418 g/mol. The molecular formula is C20H20ClN3O3S. The molecule has 0 saturated carbocycles. The van der Waals surface area contributed by atoms with Crippen molar-refractivity contribution in [2.45, 2.75) is 6.54 Å². The molecule has 2 aromatic carbocycles. The van der Waals surface area contributed by atoms with Gasteiger partial charge in [-0.2, -0.15) is 0 Å². The number of aromatic nitrogens is 1. The lowest BCUT2D eigenvalue weighted by Gasteiger charge is -2.25. The standard InChI is InChI=1S/C20H20ClN3O3S/c1-27-17-6-5-13-9-14(19(26)23-18(13)11-17)12-24(7-8-25)20(28)22-16-4-2-3-15(21)10-16/h2-6,9-11,25H,7-8,12H2,1H3,(H,22,28)(H,23,26). The molecule has 6 nitrogen and oxygen atoms in total. The number of methoxy groups -OCH3 is 1. The van der Waals surface area contributed by atoms with Crippen LogP contribution in [0.4, 0.5) is 5.69 Å². The van der Waals surface area contributed by atoms with Crippen LogP contribution >= 0.6 is 23.8 Å². The first-order valence-electron chi connectivity index (χ1n) is 8.62. The van der Waals surface area contributed by atoms with Gasteiger partial charge in [0.15, 0.2) is 5.11 Å². The summed E-state index contributed by atoms with van der Waals surface area (Å²) in [6, 6.07) is 14.5. The summed E-state index contributed by atoms with van der Waals surface area (Å²) in [7, 11) is 1.58. The third-order valence-corrected chi connectivity index (χ3v) is 4.82. The number of halogens is 1. The number of aromatic amines is 1. The molecule has 0 amide bonds. The van der Waals surface area contributed by atoms with E-state index in [0.29, 0.717) is 27.0 Å². The molecule has 0 fully saturated rings. The van der Waals surface area contributed by atoms with Crippen LogP contribution in [0.25, 0.3) is 10.9 Å². The number of ether oxygens (including phenoxy) is 1. The lowest BCUT2D eigenvalue weighted by molar-refractivity contribution is 0.248. The van der Waals surface area contributed by atoms with Crippen LogP contribution in [-0.4, -0.2) is 40.4 Å².